The molecule has 0 atom stereocenters. The first kappa shape index (κ1) is 20.5. The molecule has 7 nitrogen and oxygen atoms in total. The van der Waals surface area contributed by atoms with Gasteiger partial charge in [0.1, 0.15) is 5.76 Å². The van der Waals surface area contributed by atoms with Gasteiger partial charge in [-0.2, -0.15) is 11.8 Å². The maximum atomic E-state index is 12.3. The van der Waals surface area contributed by atoms with E-state index < -0.39 is 0 Å². The van der Waals surface area contributed by atoms with Crippen molar-refractivity contribution in [1.29, 1.82) is 0 Å². The number of hydrogen-bond donors (Lipinski definition) is 2. The minimum atomic E-state index is -0.181. The van der Waals surface area contributed by atoms with Crippen LogP contribution in [0.4, 0.5) is 5.82 Å². The molecular formula is C18H28N4O3S2. The highest BCUT2D eigenvalue weighted by atomic mass is 32.2. The van der Waals surface area contributed by atoms with Crippen molar-refractivity contribution in [2.24, 2.45) is 0 Å². The fraction of sp³-hybridized carbons (Fsp3) is 0.722. The zero-order valence-corrected chi connectivity index (χ0v) is 17.4. The van der Waals surface area contributed by atoms with Crippen molar-refractivity contribution < 1.29 is 14.1 Å². The summed E-state index contributed by atoms with van der Waals surface area (Å²) in [6.45, 7) is 4.73. The summed E-state index contributed by atoms with van der Waals surface area (Å²) in [6, 6.07) is 1.66. The first-order chi connectivity index (χ1) is 13.1. The van der Waals surface area contributed by atoms with Gasteiger partial charge in [-0.1, -0.05) is 18.0 Å². The summed E-state index contributed by atoms with van der Waals surface area (Å²) in [5.41, 5.74) is 0.142. The predicted molar refractivity (Wildman–Crippen MR) is 110 cm³/mol. The van der Waals surface area contributed by atoms with E-state index in [0.29, 0.717) is 11.6 Å². The molecule has 1 aromatic rings. The molecule has 0 bridgehead atoms. The highest BCUT2D eigenvalue weighted by molar-refractivity contribution is 8.00. The molecule has 2 N–H and O–H groups in total. The van der Waals surface area contributed by atoms with Crippen molar-refractivity contribution in [2.45, 2.75) is 38.1 Å². The molecule has 150 valence electrons. The lowest BCUT2D eigenvalue weighted by Crippen LogP contribution is -2.56. The van der Waals surface area contributed by atoms with E-state index in [-0.39, 0.29) is 28.9 Å². The molecule has 1 aromatic heterocycles. The van der Waals surface area contributed by atoms with Gasteiger partial charge < -0.3 is 15.2 Å². The molecule has 0 aromatic carbocycles. The van der Waals surface area contributed by atoms with E-state index in [1.54, 1.807) is 13.0 Å². The van der Waals surface area contributed by atoms with E-state index >= 15 is 0 Å². The van der Waals surface area contributed by atoms with Crippen molar-refractivity contribution in [3.05, 3.63) is 11.8 Å². The summed E-state index contributed by atoms with van der Waals surface area (Å²) in [6.07, 6.45) is 4.83. The number of aryl methyl sites for hydroxylation is 1. The summed E-state index contributed by atoms with van der Waals surface area (Å²) in [5.74, 6) is 3.75. The van der Waals surface area contributed by atoms with Crippen molar-refractivity contribution in [3.63, 3.8) is 0 Å². The first-order valence-corrected chi connectivity index (χ1v) is 11.8. The lowest BCUT2D eigenvalue weighted by Gasteiger charge is -2.43. The van der Waals surface area contributed by atoms with Gasteiger partial charge >= 0.3 is 0 Å². The summed E-state index contributed by atoms with van der Waals surface area (Å²) < 4.78 is 4.91. The predicted octanol–water partition coefficient (Wildman–Crippen LogP) is 2.13. The van der Waals surface area contributed by atoms with E-state index in [4.69, 9.17) is 4.52 Å². The van der Waals surface area contributed by atoms with Crippen molar-refractivity contribution in [1.82, 2.24) is 15.4 Å². The average Bonchev–Trinajstić information content (AvgIpc) is 3.31. The second kappa shape index (κ2) is 9.84. The number of anilines is 1. The standard InChI is InChI=1S/C18H28N4O3S2/c1-14-10-15(21-25-14)20-17(24)12-27-11-16(23)19-13-18(4-2-3-5-18)22-6-8-26-9-7-22/h10H,2-9,11-13H2,1H3,(H,19,23)(H,20,21,24). The summed E-state index contributed by atoms with van der Waals surface area (Å²) in [5, 5.41) is 9.50. The van der Waals surface area contributed by atoms with Gasteiger partial charge in [0.25, 0.3) is 0 Å². The van der Waals surface area contributed by atoms with Crippen LogP contribution in [0.15, 0.2) is 10.6 Å². The summed E-state index contributed by atoms with van der Waals surface area (Å²) in [4.78, 5) is 26.7. The minimum absolute atomic E-state index is 0.00254. The zero-order valence-electron chi connectivity index (χ0n) is 15.8. The van der Waals surface area contributed by atoms with Gasteiger partial charge in [-0.3, -0.25) is 14.5 Å². The molecule has 2 aliphatic rings. The first-order valence-electron chi connectivity index (χ1n) is 9.48. The molecule has 2 heterocycles. The third-order valence-electron chi connectivity index (χ3n) is 5.19. The number of thioether (sulfide) groups is 2. The Morgan fingerprint density at radius 2 is 1.96 bits per heavy atom. The topological polar surface area (TPSA) is 87.5 Å². The number of rotatable bonds is 8. The molecule has 2 amide bonds. The zero-order chi connectivity index (χ0) is 19.1. The molecule has 1 aliphatic heterocycles. The third kappa shape index (κ3) is 5.89. The summed E-state index contributed by atoms with van der Waals surface area (Å²) >= 11 is 3.33. The molecule has 1 saturated heterocycles. The van der Waals surface area contributed by atoms with E-state index in [1.165, 1.54) is 49.0 Å². The molecule has 27 heavy (non-hydrogen) atoms. The van der Waals surface area contributed by atoms with Crippen LogP contribution >= 0.6 is 23.5 Å². The Kier molecular flexibility index (Phi) is 7.49. The molecule has 0 unspecified atom stereocenters. The SMILES string of the molecule is Cc1cc(NC(=O)CSCC(=O)NCC2(N3CCSCC3)CCCC2)no1. The number of carbonyl (C=O) groups excluding carboxylic acids is 2. The quantitative estimate of drug-likeness (QED) is 0.676. The number of aromatic nitrogens is 1. The Morgan fingerprint density at radius 1 is 1.26 bits per heavy atom. The molecule has 0 radical (unpaired) electrons. The van der Waals surface area contributed by atoms with Gasteiger partial charge in [0.2, 0.25) is 11.8 Å². The van der Waals surface area contributed by atoms with Crippen LogP contribution in [0.3, 0.4) is 0 Å². The largest absolute Gasteiger partial charge is 0.360 e. The maximum absolute atomic E-state index is 12.3. The van der Waals surface area contributed by atoms with Gasteiger partial charge in [0, 0.05) is 42.7 Å². The van der Waals surface area contributed by atoms with Crippen LogP contribution in [0.5, 0.6) is 0 Å². The monoisotopic (exact) mass is 412 g/mol. The molecule has 0 spiro atoms. The lowest BCUT2D eigenvalue weighted by atomic mass is 9.94. The van der Waals surface area contributed by atoms with E-state index in [0.717, 1.165) is 19.6 Å². The molecule has 2 fully saturated rings. The fourth-order valence-electron chi connectivity index (χ4n) is 3.83. The van der Waals surface area contributed by atoms with Crippen LogP contribution in [-0.4, -0.2) is 70.1 Å². The number of carbonyl (C=O) groups is 2. The van der Waals surface area contributed by atoms with Gasteiger partial charge in [0.15, 0.2) is 5.82 Å². The maximum Gasteiger partial charge on any atom is 0.235 e. The minimum Gasteiger partial charge on any atom is -0.360 e. The third-order valence-corrected chi connectivity index (χ3v) is 7.07. The van der Waals surface area contributed by atoms with Gasteiger partial charge in [-0.15, -0.1) is 11.8 Å². The van der Waals surface area contributed by atoms with E-state index in [2.05, 4.69) is 20.7 Å². The van der Waals surface area contributed by atoms with Gasteiger partial charge in [0.05, 0.1) is 11.5 Å². The Balaban J connectivity index is 1.37. The molecule has 1 aliphatic carbocycles. The number of hydrogen-bond acceptors (Lipinski definition) is 7. The van der Waals surface area contributed by atoms with Crippen molar-refractivity contribution in [2.75, 3.05) is 48.0 Å². The second-order valence-electron chi connectivity index (χ2n) is 7.17. The van der Waals surface area contributed by atoms with Crippen LogP contribution in [0, 0.1) is 6.92 Å². The fourth-order valence-corrected chi connectivity index (χ4v) is 5.38. The van der Waals surface area contributed by atoms with Gasteiger partial charge in [-0.05, 0) is 19.8 Å². The van der Waals surface area contributed by atoms with Crippen molar-refractivity contribution >= 4 is 41.2 Å². The molecule has 1 saturated carbocycles. The normalized spacial score (nSPS) is 19.7. The highest BCUT2D eigenvalue weighted by Gasteiger charge is 2.40. The van der Waals surface area contributed by atoms with E-state index in [1.807, 2.05) is 11.8 Å². The Bertz CT molecular complexity index is 640. The number of nitrogens with one attached hydrogen (secondary N) is 2. The molecular weight excluding hydrogens is 384 g/mol. The number of amides is 2. The van der Waals surface area contributed by atoms with Crippen molar-refractivity contribution in [3.8, 4) is 0 Å². The van der Waals surface area contributed by atoms with Crippen LogP contribution < -0.4 is 10.6 Å². The summed E-state index contributed by atoms with van der Waals surface area (Å²) in [7, 11) is 0. The van der Waals surface area contributed by atoms with Crippen LogP contribution in [0.2, 0.25) is 0 Å². The molecule has 3 rings (SSSR count). The Labute approximate surface area is 168 Å². The second-order valence-corrected chi connectivity index (χ2v) is 9.38. The highest BCUT2D eigenvalue weighted by Crippen LogP contribution is 2.36. The van der Waals surface area contributed by atoms with E-state index in [9.17, 15) is 9.59 Å². The van der Waals surface area contributed by atoms with Crippen LogP contribution in [0.25, 0.3) is 0 Å². The number of nitrogens with zero attached hydrogens (tertiary/aromatic N) is 2. The van der Waals surface area contributed by atoms with Crippen LogP contribution in [-0.2, 0) is 9.59 Å². The Morgan fingerprint density at radius 3 is 2.63 bits per heavy atom. The smallest absolute Gasteiger partial charge is 0.235 e. The van der Waals surface area contributed by atoms with Crippen LogP contribution in [0.1, 0.15) is 31.4 Å². The molecule has 9 heteroatoms. The average molecular weight is 413 g/mol. The lowest BCUT2D eigenvalue weighted by molar-refractivity contribution is -0.119. The Hall–Kier alpha value is -1.19. The van der Waals surface area contributed by atoms with Gasteiger partial charge in [-0.25, -0.2) is 0 Å².